The van der Waals surface area contributed by atoms with Crippen molar-refractivity contribution in [1.82, 2.24) is 9.88 Å². The molecule has 0 aliphatic heterocycles. The van der Waals surface area contributed by atoms with Crippen molar-refractivity contribution in [1.29, 1.82) is 0 Å². The van der Waals surface area contributed by atoms with E-state index >= 15 is 0 Å². The average Bonchev–Trinajstić information content (AvgIpc) is 2.57. The molecule has 1 amide bonds. The lowest BCUT2D eigenvalue weighted by Gasteiger charge is -2.24. The fraction of sp³-hybridized carbons (Fsp3) is 0.368. The van der Waals surface area contributed by atoms with Crippen molar-refractivity contribution in [3.63, 3.8) is 0 Å². The zero-order valence-corrected chi connectivity index (χ0v) is 14.4. The Hall–Kier alpha value is -2.36. The number of carbonyl (C=O) groups is 1. The maximum Gasteiger partial charge on any atom is 0.272 e. The Kier molecular flexibility index (Phi) is 5.74. The molecule has 0 aliphatic carbocycles. The van der Waals surface area contributed by atoms with Crippen LogP contribution in [0.5, 0.6) is 0 Å². The summed E-state index contributed by atoms with van der Waals surface area (Å²) in [7, 11) is 0. The predicted octanol–water partition coefficient (Wildman–Crippen LogP) is 4.03. The molecule has 2 rings (SSSR count). The normalized spacial score (nSPS) is 10.4. The molecule has 4 heteroatoms. The number of rotatable bonds is 6. The molecule has 1 heterocycles. The minimum Gasteiger partial charge on any atom is -0.341 e. The molecule has 0 saturated carbocycles. The monoisotopic (exact) mass is 311 g/mol. The van der Waals surface area contributed by atoms with Crippen LogP contribution in [0.1, 0.15) is 36.8 Å². The summed E-state index contributed by atoms with van der Waals surface area (Å²) in [5, 5.41) is 0. The quantitative estimate of drug-likeness (QED) is 0.808. The van der Waals surface area contributed by atoms with Gasteiger partial charge in [-0.2, -0.15) is 0 Å². The molecule has 2 aromatic rings. The van der Waals surface area contributed by atoms with Crippen molar-refractivity contribution in [2.75, 3.05) is 24.5 Å². The number of nitrogens with zero attached hydrogens (tertiary/aromatic N) is 3. The lowest BCUT2D eigenvalue weighted by Crippen LogP contribution is -2.31. The SMILES string of the molecule is CCN(CC)C(=O)c1ccc(N(CC)c2cccc(C)c2)cn1. The van der Waals surface area contributed by atoms with Gasteiger partial charge in [0.15, 0.2) is 0 Å². The number of aryl methyl sites for hydroxylation is 1. The van der Waals surface area contributed by atoms with E-state index in [0.717, 1.165) is 17.9 Å². The highest BCUT2D eigenvalue weighted by molar-refractivity contribution is 5.92. The van der Waals surface area contributed by atoms with Crippen LogP contribution >= 0.6 is 0 Å². The van der Waals surface area contributed by atoms with Gasteiger partial charge < -0.3 is 9.80 Å². The van der Waals surface area contributed by atoms with Crippen molar-refractivity contribution in [2.45, 2.75) is 27.7 Å². The summed E-state index contributed by atoms with van der Waals surface area (Å²) in [4.78, 5) is 20.7. The van der Waals surface area contributed by atoms with E-state index < -0.39 is 0 Å². The first kappa shape index (κ1) is 17.0. The topological polar surface area (TPSA) is 36.4 Å². The summed E-state index contributed by atoms with van der Waals surface area (Å²) in [6.45, 7) is 10.4. The Labute approximate surface area is 138 Å². The molecule has 23 heavy (non-hydrogen) atoms. The Bertz CT molecular complexity index is 648. The summed E-state index contributed by atoms with van der Waals surface area (Å²) in [6.07, 6.45) is 1.78. The van der Waals surface area contributed by atoms with Gasteiger partial charge in [0, 0.05) is 25.3 Å². The Morgan fingerprint density at radius 2 is 1.74 bits per heavy atom. The fourth-order valence-corrected chi connectivity index (χ4v) is 2.66. The van der Waals surface area contributed by atoms with Crippen LogP contribution < -0.4 is 4.90 Å². The van der Waals surface area contributed by atoms with Gasteiger partial charge in [-0.05, 0) is 57.5 Å². The van der Waals surface area contributed by atoms with Crippen molar-refractivity contribution in [3.05, 3.63) is 53.9 Å². The minimum absolute atomic E-state index is 0.0137. The van der Waals surface area contributed by atoms with Gasteiger partial charge in [0.1, 0.15) is 5.69 Å². The van der Waals surface area contributed by atoms with Crippen LogP contribution in [0.2, 0.25) is 0 Å². The molecule has 4 nitrogen and oxygen atoms in total. The maximum absolute atomic E-state index is 12.3. The second-order valence-electron chi connectivity index (χ2n) is 5.46. The van der Waals surface area contributed by atoms with Crippen LogP contribution in [0, 0.1) is 6.92 Å². The van der Waals surface area contributed by atoms with E-state index in [1.54, 1.807) is 11.1 Å². The lowest BCUT2D eigenvalue weighted by atomic mass is 10.2. The number of aromatic nitrogens is 1. The summed E-state index contributed by atoms with van der Waals surface area (Å²) in [5.41, 5.74) is 3.85. The Morgan fingerprint density at radius 3 is 2.26 bits per heavy atom. The Balaban J connectivity index is 2.25. The van der Waals surface area contributed by atoms with E-state index in [4.69, 9.17) is 0 Å². The van der Waals surface area contributed by atoms with Crippen LogP contribution in [0.25, 0.3) is 0 Å². The molecule has 0 N–H and O–H groups in total. The molecule has 1 aromatic heterocycles. The number of carbonyl (C=O) groups excluding carboxylic acids is 1. The van der Waals surface area contributed by atoms with Crippen molar-refractivity contribution >= 4 is 17.3 Å². The summed E-state index contributed by atoms with van der Waals surface area (Å²) in [5.74, 6) is -0.0137. The molecular formula is C19H25N3O. The number of anilines is 2. The third-order valence-corrected chi connectivity index (χ3v) is 3.96. The predicted molar refractivity (Wildman–Crippen MR) is 95.3 cm³/mol. The van der Waals surface area contributed by atoms with Gasteiger partial charge in [0.05, 0.1) is 11.9 Å². The van der Waals surface area contributed by atoms with Crippen LogP contribution in [-0.2, 0) is 0 Å². The first-order valence-corrected chi connectivity index (χ1v) is 8.20. The molecule has 0 bridgehead atoms. The van der Waals surface area contributed by atoms with Crippen LogP contribution in [0.15, 0.2) is 42.6 Å². The van der Waals surface area contributed by atoms with Crippen molar-refractivity contribution in [3.8, 4) is 0 Å². The summed E-state index contributed by atoms with van der Waals surface area (Å²) in [6, 6.07) is 12.2. The molecule has 1 aromatic carbocycles. The van der Waals surface area contributed by atoms with Crippen LogP contribution in [0.4, 0.5) is 11.4 Å². The highest BCUT2D eigenvalue weighted by Gasteiger charge is 2.15. The number of benzene rings is 1. The van der Waals surface area contributed by atoms with Crippen molar-refractivity contribution in [2.24, 2.45) is 0 Å². The van der Waals surface area contributed by atoms with Crippen molar-refractivity contribution < 1.29 is 4.79 Å². The molecule has 122 valence electrons. The van der Waals surface area contributed by atoms with E-state index in [1.807, 2.05) is 26.0 Å². The first-order valence-electron chi connectivity index (χ1n) is 8.20. The lowest BCUT2D eigenvalue weighted by molar-refractivity contribution is 0.0767. The second kappa shape index (κ2) is 7.77. The van der Waals surface area contributed by atoms with E-state index in [0.29, 0.717) is 18.8 Å². The third kappa shape index (κ3) is 3.89. The van der Waals surface area contributed by atoms with Gasteiger partial charge in [0.25, 0.3) is 5.91 Å². The average molecular weight is 311 g/mol. The number of pyridine rings is 1. The van der Waals surface area contributed by atoms with Gasteiger partial charge in [-0.1, -0.05) is 12.1 Å². The molecule has 0 fully saturated rings. The smallest absolute Gasteiger partial charge is 0.272 e. The van der Waals surface area contributed by atoms with E-state index in [2.05, 4.69) is 48.0 Å². The van der Waals surface area contributed by atoms with Gasteiger partial charge in [-0.3, -0.25) is 4.79 Å². The van der Waals surface area contributed by atoms with Gasteiger partial charge in [0.2, 0.25) is 0 Å². The third-order valence-electron chi connectivity index (χ3n) is 3.96. The van der Waals surface area contributed by atoms with E-state index in [9.17, 15) is 4.79 Å². The highest BCUT2D eigenvalue weighted by Crippen LogP contribution is 2.25. The van der Waals surface area contributed by atoms with E-state index in [1.165, 1.54) is 5.56 Å². The minimum atomic E-state index is -0.0137. The molecule has 0 atom stereocenters. The molecule has 0 radical (unpaired) electrons. The maximum atomic E-state index is 12.3. The zero-order chi connectivity index (χ0) is 16.8. The largest absolute Gasteiger partial charge is 0.341 e. The van der Waals surface area contributed by atoms with Gasteiger partial charge in [-0.15, -0.1) is 0 Å². The first-order chi connectivity index (χ1) is 11.1. The standard InChI is InChI=1S/C19H25N3O/c1-5-21(6-2)19(23)18-12-11-17(14-20-18)22(7-3)16-10-8-9-15(4)13-16/h8-14H,5-7H2,1-4H3. The summed E-state index contributed by atoms with van der Waals surface area (Å²) >= 11 is 0. The van der Waals surface area contributed by atoms with Gasteiger partial charge >= 0.3 is 0 Å². The number of hydrogen-bond acceptors (Lipinski definition) is 3. The molecular weight excluding hydrogens is 286 g/mol. The van der Waals surface area contributed by atoms with Gasteiger partial charge in [-0.25, -0.2) is 4.98 Å². The van der Waals surface area contributed by atoms with E-state index in [-0.39, 0.29) is 5.91 Å². The molecule has 0 aliphatic rings. The highest BCUT2D eigenvalue weighted by atomic mass is 16.2. The zero-order valence-electron chi connectivity index (χ0n) is 14.4. The number of hydrogen-bond donors (Lipinski definition) is 0. The fourth-order valence-electron chi connectivity index (χ4n) is 2.66. The number of amides is 1. The molecule has 0 spiro atoms. The molecule has 0 unspecified atom stereocenters. The van der Waals surface area contributed by atoms with Crippen LogP contribution in [0.3, 0.4) is 0 Å². The Morgan fingerprint density at radius 1 is 1.00 bits per heavy atom. The molecule has 0 saturated heterocycles. The second-order valence-corrected chi connectivity index (χ2v) is 5.46. The summed E-state index contributed by atoms with van der Waals surface area (Å²) < 4.78 is 0. The van der Waals surface area contributed by atoms with Crippen LogP contribution in [-0.4, -0.2) is 35.4 Å².